The molecule has 0 amide bonds. The van der Waals surface area contributed by atoms with E-state index in [1.165, 1.54) is 16.5 Å². The van der Waals surface area contributed by atoms with E-state index in [9.17, 15) is 0 Å². The maximum Gasteiger partial charge on any atom is 0.0483 e. The van der Waals surface area contributed by atoms with Gasteiger partial charge in [0.1, 0.15) is 0 Å². The predicted molar refractivity (Wildman–Crippen MR) is 63.4 cm³/mol. The van der Waals surface area contributed by atoms with Crippen LogP contribution in [0.5, 0.6) is 0 Å². The molecule has 0 saturated heterocycles. The van der Waals surface area contributed by atoms with Gasteiger partial charge in [-0.05, 0) is 30.2 Å². The molecule has 1 heterocycles. The highest BCUT2D eigenvalue weighted by molar-refractivity contribution is 5.84. The summed E-state index contributed by atoms with van der Waals surface area (Å²) >= 11 is 0. The van der Waals surface area contributed by atoms with Crippen molar-refractivity contribution in [2.75, 3.05) is 0 Å². The summed E-state index contributed by atoms with van der Waals surface area (Å²) in [6, 6.07) is 6.35. The number of aryl methyl sites for hydroxylation is 1. The molecule has 0 saturated carbocycles. The van der Waals surface area contributed by atoms with E-state index in [-0.39, 0.29) is 0 Å². The van der Waals surface area contributed by atoms with Crippen molar-refractivity contribution < 1.29 is 0 Å². The number of rotatable bonds is 3. The third-order valence-corrected chi connectivity index (χ3v) is 2.82. The third kappa shape index (κ3) is 1.64. The number of benzene rings is 1. The van der Waals surface area contributed by atoms with E-state index in [1.54, 1.807) is 0 Å². The number of hydrogen-bond donors (Lipinski definition) is 2. The Morgan fingerprint density at radius 1 is 1.20 bits per heavy atom. The second kappa shape index (κ2) is 4.04. The topological polar surface area (TPSA) is 57.0 Å². The lowest BCUT2D eigenvalue weighted by Gasteiger charge is -2.01. The smallest absolute Gasteiger partial charge is 0.0483 e. The molecule has 0 atom stereocenters. The van der Waals surface area contributed by atoms with Crippen molar-refractivity contribution >= 4 is 10.9 Å². The molecular formula is C12H17N3. The Bertz CT molecular complexity index is 471. The highest BCUT2D eigenvalue weighted by Crippen LogP contribution is 2.22. The van der Waals surface area contributed by atoms with Crippen LogP contribution < -0.4 is 11.5 Å². The van der Waals surface area contributed by atoms with Crippen molar-refractivity contribution in [1.82, 2.24) is 4.57 Å². The second-order valence-electron chi connectivity index (χ2n) is 3.70. The summed E-state index contributed by atoms with van der Waals surface area (Å²) in [6.45, 7) is 4.27. The molecule has 2 rings (SSSR count). The second-order valence-corrected chi connectivity index (χ2v) is 3.70. The maximum atomic E-state index is 5.73. The Kier molecular flexibility index (Phi) is 2.75. The molecule has 0 spiro atoms. The summed E-state index contributed by atoms with van der Waals surface area (Å²) in [4.78, 5) is 0. The summed E-state index contributed by atoms with van der Waals surface area (Å²) in [5, 5.41) is 1.24. The number of nitrogens with two attached hydrogens (primary N) is 2. The van der Waals surface area contributed by atoms with E-state index < -0.39 is 0 Å². The van der Waals surface area contributed by atoms with Crippen molar-refractivity contribution in [3.63, 3.8) is 0 Å². The van der Waals surface area contributed by atoms with Gasteiger partial charge in [0.05, 0.1) is 0 Å². The fourth-order valence-electron chi connectivity index (χ4n) is 1.97. The minimum absolute atomic E-state index is 0.581. The van der Waals surface area contributed by atoms with Crippen LogP contribution in [-0.4, -0.2) is 4.57 Å². The zero-order valence-corrected chi connectivity index (χ0v) is 9.03. The van der Waals surface area contributed by atoms with E-state index in [0.29, 0.717) is 13.1 Å². The van der Waals surface area contributed by atoms with Gasteiger partial charge >= 0.3 is 0 Å². The lowest BCUT2D eigenvalue weighted by molar-refractivity contribution is 0.792. The Hall–Kier alpha value is -1.32. The molecule has 0 fully saturated rings. The summed E-state index contributed by atoms with van der Waals surface area (Å²) < 4.78 is 2.22. The van der Waals surface area contributed by atoms with Crippen molar-refractivity contribution in [2.45, 2.75) is 26.6 Å². The van der Waals surface area contributed by atoms with Gasteiger partial charge in [-0.25, -0.2) is 0 Å². The van der Waals surface area contributed by atoms with E-state index >= 15 is 0 Å². The monoisotopic (exact) mass is 203 g/mol. The van der Waals surface area contributed by atoms with Crippen molar-refractivity contribution in [3.8, 4) is 0 Å². The van der Waals surface area contributed by atoms with Gasteiger partial charge in [-0.2, -0.15) is 0 Å². The molecule has 3 heteroatoms. The van der Waals surface area contributed by atoms with E-state index in [4.69, 9.17) is 11.5 Å². The van der Waals surface area contributed by atoms with Crippen LogP contribution >= 0.6 is 0 Å². The van der Waals surface area contributed by atoms with Gasteiger partial charge in [-0.3, -0.25) is 0 Å². The first-order chi connectivity index (χ1) is 7.30. The highest BCUT2D eigenvalue weighted by atomic mass is 14.9. The Morgan fingerprint density at radius 3 is 2.60 bits per heavy atom. The van der Waals surface area contributed by atoms with Gasteiger partial charge < -0.3 is 16.0 Å². The normalized spacial score (nSPS) is 11.1. The van der Waals surface area contributed by atoms with Gasteiger partial charge in [0.2, 0.25) is 0 Å². The SMILES string of the molecule is CCn1cc(CN)c2cc(CN)ccc21. The zero-order chi connectivity index (χ0) is 10.8. The standard InChI is InChI=1S/C12H17N3/c1-2-15-8-10(7-14)11-5-9(6-13)3-4-12(11)15/h3-5,8H,2,6-7,13-14H2,1H3. The number of aromatic nitrogens is 1. The molecule has 0 bridgehead atoms. The fraction of sp³-hybridized carbons (Fsp3) is 0.333. The molecule has 2 aromatic rings. The van der Waals surface area contributed by atoms with Crippen LogP contribution in [0.2, 0.25) is 0 Å². The molecule has 3 nitrogen and oxygen atoms in total. The van der Waals surface area contributed by atoms with Crippen LogP contribution in [0.3, 0.4) is 0 Å². The average Bonchev–Trinajstić information content (AvgIpc) is 2.65. The average molecular weight is 203 g/mol. The van der Waals surface area contributed by atoms with Crippen LogP contribution in [0.4, 0.5) is 0 Å². The third-order valence-electron chi connectivity index (χ3n) is 2.82. The van der Waals surface area contributed by atoms with Crippen LogP contribution in [0.25, 0.3) is 10.9 Å². The van der Waals surface area contributed by atoms with Crippen LogP contribution in [0.15, 0.2) is 24.4 Å². The number of nitrogens with zero attached hydrogens (tertiary/aromatic N) is 1. The summed E-state index contributed by atoms with van der Waals surface area (Å²) in [5.74, 6) is 0. The number of fused-ring (bicyclic) bond motifs is 1. The van der Waals surface area contributed by atoms with Crippen LogP contribution in [0, 0.1) is 0 Å². The molecule has 0 radical (unpaired) electrons. The molecule has 0 aliphatic heterocycles. The molecule has 1 aromatic heterocycles. The van der Waals surface area contributed by atoms with Crippen LogP contribution in [0.1, 0.15) is 18.1 Å². The van der Waals surface area contributed by atoms with Gasteiger partial charge in [0.25, 0.3) is 0 Å². The maximum absolute atomic E-state index is 5.73. The highest BCUT2D eigenvalue weighted by Gasteiger charge is 2.06. The Balaban J connectivity index is 2.68. The Labute approximate surface area is 89.7 Å². The molecule has 1 aromatic carbocycles. The molecule has 15 heavy (non-hydrogen) atoms. The van der Waals surface area contributed by atoms with Gasteiger partial charge in [-0.15, -0.1) is 0 Å². The molecule has 0 unspecified atom stereocenters. The minimum atomic E-state index is 0.581. The molecule has 0 aliphatic carbocycles. The van der Waals surface area contributed by atoms with E-state index in [0.717, 1.165) is 12.1 Å². The minimum Gasteiger partial charge on any atom is -0.347 e. The molecular weight excluding hydrogens is 186 g/mol. The zero-order valence-electron chi connectivity index (χ0n) is 9.03. The molecule has 0 aliphatic rings. The van der Waals surface area contributed by atoms with Crippen LogP contribution in [-0.2, 0) is 19.6 Å². The molecule has 4 N–H and O–H groups in total. The summed E-state index contributed by atoms with van der Waals surface area (Å²) in [7, 11) is 0. The summed E-state index contributed by atoms with van der Waals surface area (Å²) in [5.41, 5.74) is 15.0. The van der Waals surface area contributed by atoms with Gasteiger partial charge in [0.15, 0.2) is 0 Å². The van der Waals surface area contributed by atoms with Gasteiger partial charge in [0, 0.05) is 36.7 Å². The quantitative estimate of drug-likeness (QED) is 0.795. The number of hydrogen-bond acceptors (Lipinski definition) is 2. The van der Waals surface area contributed by atoms with Crippen molar-refractivity contribution in [2.24, 2.45) is 11.5 Å². The summed E-state index contributed by atoms with van der Waals surface area (Å²) in [6.07, 6.45) is 2.13. The van der Waals surface area contributed by atoms with E-state index in [1.807, 2.05) is 0 Å². The predicted octanol–water partition coefficient (Wildman–Crippen LogP) is 1.58. The molecule has 80 valence electrons. The largest absolute Gasteiger partial charge is 0.347 e. The first-order valence-electron chi connectivity index (χ1n) is 5.31. The first-order valence-corrected chi connectivity index (χ1v) is 5.31. The fourth-order valence-corrected chi connectivity index (χ4v) is 1.97. The lowest BCUT2D eigenvalue weighted by atomic mass is 10.1. The van der Waals surface area contributed by atoms with E-state index in [2.05, 4.69) is 35.9 Å². The lowest BCUT2D eigenvalue weighted by Crippen LogP contribution is -1.97. The van der Waals surface area contributed by atoms with Crippen molar-refractivity contribution in [3.05, 3.63) is 35.5 Å². The Morgan fingerprint density at radius 2 is 2.00 bits per heavy atom. The van der Waals surface area contributed by atoms with Gasteiger partial charge in [-0.1, -0.05) is 6.07 Å². The first kappa shape index (κ1) is 10.2. The van der Waals surface area contributed by atoms with Crippen molar-refractivity contribution in [1.29, 1.82) is 0 Å².